The van der Waals surface area contributed by atoms with Gasteiger partial charge in [0.05, 0.1) is 0 Å². The normalized spacial score (nSPS) is 0. The second-order valence-electron chi connectivity index (χ2n) is 0. The first kappa shape index (κ1) is 721. The molecular formula is H10Cl2NiO5. The smallest absolute Gasteiger partial charge is 1.00 e. The van der Waals surface area contributed by atoms with E-state index in [1.807, 2.05) is 0 Å². The maximum Gasteiger partial charge on any atom is 2.00 e. The maximum absolute atomic E-state index is 0. The number of hydrogen-bond acceptors (Lipinski definition) is 0. The molecule has 0 fully saturated rings. The van der Waals surface area contributed by atoms with Crippen LogP contribution in [0.4, 0.5) is 0 Å². The van der Waals surface area contributed by atoms with Crippen LogP contribution in [0, 0.1) is 0 Å². The fourth-order valence-corrected chi connectivity index (χ4v) is 0. The third kappa shape index (κ3) is 311. The summed E-state index contributed by atoms with van der Waals surface area (Å²) in [5.74, 6) is 0. The molecule has 0 saturated heterocycles. The molecule has 0 aromatic carbocycles. The SMILES string of the molecule is O.O.O.O.O.[Cl-].[Cl-].[Ni+2]. The summed E-state index contributed by atoms with van der Waals surface area (Å²) in [7, 11) is 0. The molecule has 0 radical (unpaired) electrons. The summed E-state index contributed by atoms with van der Waals surface area (Å²) < 4.78 is 0. The Balaban J connectivity index is 0. The summed E-state index contributed by atoms with van der Waals surface area (Å²) in [6, 6.07) is 0. The minimum absolute atomic E-state index is 0. The van der Waals surface area contributed by atoms with Gasteiger partial charge in [0, 0.05) is 0 Å². The van der Waals surface area contributed by atoms with Crippen molar-refractivity contribution in [2.45, 2.75) is 0 Å². The number of hydrogen-bond donors (Lipinski definition) is 0. The van der Waals surface area contributed by atoms with Crippen molar-refractivity contribution in [3.05, 3.63) is 0 Å². The van der Waals surface area contributed by atoms with Crippen LogP contribution in [-0.4, -0.2) is 27.4 Å². The summed E-state index contributed by atoms with van der Waals surface area (Å²) in [6.07, 6.45) is 0. The summed E-state index contributed by atoms with van der Waals surface area (Å²) in [5, 5.41) is 0. The molecule has 0 aliphatic heterocycles. The molecular weight excluding hydrogens is 210 g/mol. The maximum atomic E-state index is 0. The zero-order chi connectivity index (χ0) is 0. The van der Waals surface area contributed by atoms with Crippen molar-refractivity contribution < 1.29 is 68.7 Å². The van der Waals surface area contributed by atoms with Crippen LogP contribution in [0.15, 0.2) is 0 Å². The topological polar surface area (TPSA) is 158 Å². The Morgan fingerprint density at radius 1 is 0.375 bits per heavy atom. The van der Waals surface area contributed by atoms with Gasteiger partial charge in [0.15, 0.2) is 0 Å². The summed E-state index contributed by atoms with van der Waals surface area (Å²) >= 11 is 0. The largest absolute Gasteiger partial charge is 2.00 e. The van der Waals surface area contributed by atoms with Crippen molar-refractivity contribution in [2.75, 3.05) is 0 Å². The Hall–Kier alpha value is 0.874. The first-order chi connectivity index (χ1) is 0. The van der Waals surface area contributed by atoms with Crippen LogP contribution >= 0.6 is 0 Å². The molecule has 0 aliphatic rings. The van der Waals surface area contributed by atoms with E-state index in [0.29, 0.717) is 0 Å². The van der Waals surface area contributed by atoms with E-state index in [0.717, 1.165) is 0 Å². The Kier molecular flexibility index (Phi) is 43900. The molecule has 8 heavy (non-hydrogen) atoms. The Bertz CT molecular complexity index is 10.4. The fourth-order valence-electron chi connectivity index (χ4n) is 0. The first-order valence-corrected chi connectivity index (χ1v) is 0. The van der Waals surface area contributed by atoms with Gasteiger partial charge in [0.1, 0.15) is 0 Å². The summed E-state index contributed by atoms with van der Waals surface area (Å²) in [5.41, 5.74) is 0. The molecule has 0 heterocycles. The summed E-state index contributed by atoms with van der Waals surface area (Å²) in [4.78, 5) is 0. The van der Waals surface area contributed by atoms with E-state index in [1.165, 1.54) is 0 Å². The first-order valence-electron chi connectivity index (χ1n) is 0. The third-order valence-electron chi connectivity index (χ3n) is 0. The average molecular weight is 220 g/mol. The number of halogens is 2. The van der Waals surface area contributed by atoms with Gasteiger partial charge < -0.3 is 52.2 Å². The predicted molar refractivity (Wildman–Crippen MR) is 18.1 cm³/mol. The molecule has 0 rings (SSSR count). The van der Waals surface area contributed by atoms with E-state index in [2.05, 4.69) is 0 Å². The summed E-state index contributed by atoms with van der Waals surface area (Å²) in [6.45, 7) is 0. The van der Waals surface area contributed by atoms with Gasteiger partial charge in [-0.15, -0.1) is 0 Å². The molecule has 5 nitrogen and oxygen atoms in total. The van der Waals surface area contributed by atoms with Crippen LogP contribution in [0.1, 0.15) is 0 Å². The molecule has 0 aliphatic carbocycles. The van der Waals surface area contributed by atoms with Crippen LogP contribution in [0.2, 0.25) is 0 Å². The Morgan fingerprint density at radius 2 is 0.375 bits per heavy atom. The van der Waals surface area contributed by atoms with E-state index in [1.54, 1.807) is 0 Å². The predicted octanol–water partition coefficient (Wildman–Crippen LogP) is -10.1. The van der Waals surface area contributed by atoms with E-state index in [4.69, 9.17) is 0 Å². The van der Waals surface area contributed by atoms with E-state index in [-0.39, 0.29) is 68.7 Å². The molecule has 0 saturated carbocycles. The molecule has 0 bridgehead atoms. The van der Waals surface area contributed by atoms with E-state index >= 15 is 0 Å². The molecule has 0 unspecified atom stereocenters. The third-order valence-corrected chi connectivity index (χ3v) is 0. The van der Waals surface area contributed by atoms with Gasteiger partial charge in [-0.3, -0.25) is 0 Å². The standard InChI is InChI=1S/2ClH.Ni.5H2O/h2*1H;;5*1H2/q;;+2;;;;;/p-2. The molecule has 10 N–H and O–H groups in total. The molecule has 0 atom stereocenters. The van der Waals surface area contributed by atoms with Crippen molar-refractivity contribution in [3.8, 4) is 0 Å². The van der Waals surface area contributed by atoms with Crippen molar-refractivity contribution in [1.29, 1.82) is 0 Å². The van der Waals surface area contributed by atoms with Crippen LogP contribution in [0.25, 0.3) is 0 Å². The molecule has 64 valence electrons. The van der Waals surface area contributed by atoms with Crippen LogP contribution in [0.5, 0.6) is 0 Å². The van der Waals surface area contributed by atoms with Gasteiger partial charge >= 0.3 is 16.5 Å². The van der Waals surface area contributed by atoms with Gasteiger partial charge in [-0.05, 0) is 0 Å². The van der Waals surface area contributed by atoms with Gasteiger partial charge in [0.25, 0.3) is 0 Å². The molecule has 0 spiro atoms. The van der Waals surface area contributed by atoms with Crippen LogP contribution < -0.4 is 24.8 Å². The fraction of sp³-hybridized carbons (Fsp3) is 0. The molecule has 0 aromatic heterocycles. The van der Waals surface area contributed by atoms with E-state index < -0.39 is 0 Å². The molecule has 8 heteroatoms. The quantitative estimate of drug-likeness (QED) is 0.355. The van der Waals surface area contributed by atoms with Crippen LogP contribution in [-0.2, 0) is 16.5 Å². The van der Waals surface area contributed by atoms with Gasteiger partial charge in [-0.2, -0.15) is 0 Å². The molecule has 0 amide bonds. The van der Waals surface area contributed by atoms with Crippen molar-refractivity contribution in [3.63, 3.8) is 0 Å². The Labute approximate surface area is 69.1 Å². The van der Waals surface area contributed by atoms with Crippen molar-refractivity contribution in [1.82, 2.24) is 0 Å². The Morgan fingerprint density at radius 3 is 0.375 bits per heavy atom. The minimum atomic E-state index is 0. The number of rotatable bonds is 0. The van der Waals surface area contributed by atoms with Crippen molar-refractivity contribution in [2.24, 2.45) is 0 Å². The monoisotopic (exact) mass is 218 g/mol. The van der Waals surface area contributed by atoms with Crippen LogP contribution in [0.3, 0.4) is 0 Å². The zero-order valence-corrected chi connectivity index (χ0v) is 6.07. The molecule has 0 aromatic rings. The van der Waals surface area contributed by atoms with Gasteiger partial charge in [-0.1, -0.05) is 0 Å². The minimum Gasteiger partial charge on any atom is -1.00 e. The average Bonchev–Trinajstić information content (AvgIpc) is 0. The zero-order valence-electron chi connectivity index (χ0n) is 3.57. The second kappa shape index (κ2) is 488. The van der Waals surface area contributed by atoms with E-state index in [9.17, 15) is 0 Å². The second-order valence-corrected chi connectivity index (χ2v) is 0. The van der Waals surface area contributed by atoms with Crippen molar-refractivity contribution >= 4 is 0 Å². The van der Waals surface area contributed by atoms with Gasteiger partial charge in [-0.25, -0.2) is 0 Å². The van der Waals surface area contributed by atoms with Gasteiger partial charge in [0.2, 0.25) is 0 Å².